The molecule has 7 heteroatoms. The Bertz CT molecular complexity index is 742. The fraction of sp³-hybridized carbons (Fsp3) is 0.526. The number of fused-ring (bicyclic) bond motifs is 1. The lowest BCUT2D eigenvalue weighted by molar-refractivity contribution is -0.136. The molecule has 7 nitrogen and oxygen atoms in total. The van der Waals surface area contributed by atoms with Crippen LogP contribution in [-0.4, -0.2) is 47.8 Å². The molecule has 3 N–H and O–H groups in total. The Morgan fingerprint density at radius 1 is 1.19 bits per heavy atom. The molecule has 0 aromatic heterocycles. The summed E-state index contributed by atoms with van der Waals surface area (Å²) in [6.45, 7) is 3.23. The summed E-state index contributed by atoms with van der Waals surface area (Å²) in [6.07, 6.45) is 3.13. The van der Waals surface area contributed by atoms with E-state index in [1.807, 2.05) is 18.2 Å². The summed E-state index contributed by atoms with van der Waals surface area (Å²) in [5, 5.41) is 9.27. The molecule has 0 bridgehead atoms. The molecule has 2 atom stereocenters. The molecule has 0 aliphatic carbocycles. The Labute approximate surface area is 152 Å². The fourth-order valence-corrected chi connectivity index (χ4v) is 4.06. The topological polar surface area (TPSA) is 90.5 Å². The van der Waals surface area contributed by atoms with Crippen LogP contribution in [0.2, 0.25) is 0 Å². The van der Waals surface area contributed by atoms with Crippen molar-refractivity contribution in [1.82, 2.24) is 20.9 Å². The number of hydrogen-bond acceptors (Lipinski definition) is 5. The van der Waals surface area contributed by atoms with E-state index in [1.165, 1.54) is 12.8 Å². The number of rotatable bonds is 5. The molecule has 2 fully saturated rings. The molecule has 0 saturated carbocycles. The summed E-state index contributed by atoms with van der Waals surface area (Å²) < 4.78 is 0. The molecule has 4 rings (SSSR count). The first kappa shape index (κ1) is 17.2. The molecule has 0 spiro atoms. The lowest BCUT2D eigenvalue weighted by Gasteiger charge is -2.29. The largest absolute Gasteiger partial charge is 0.322 e. The molecule has 3 aliphatic rings. The molecule has 1 aromatic rings. The number of imide groups is 1. The van der Waals surface area contributed by atoms with Crippen LogP contribution in [0.3, 0.4) is 0 Å². The summed E-state index contributed by atoms with van der Waals surface area (Å²) >= 11 is 0. The highest BCUT2D eigenvalue weighted by atomic mass is 16.2. The second-order valence-corrected chi connectivity index (χ2v) is 7.32. The van der Waals surface area contributed by atoms with Gasteiger partial charge in [-0.3, -0.25) is 19.7 Å². The van der Waals surface area contributed by atoms with Crippen LogP contribution in [0.5, 0.6) is 0 Å². The maximum atomic E-state index is 12.7. The van der Waals surface area contributed by atoms with Gasteiger partial charge in [-0.25, -0.2) is 0 Å². The fourth-order valence-electron chi connectivity index (χ4n) is 4.06. The number of carbonyl (C=O) groups is 3. The first-order valence-corrected chi connectivity index (χ1v) is 9.32. The van der Waals surface area contributed by atoms with Crippen LogP contribution >= 0.6 is 0 Å². The highest BCUT2D eigenvalue weighted by Crippen LogP contribution is 2.28. The third-order valence-corrected chi connectivity index (χ3v) is 5.47. The Balaban J connectivity index is 1.39. The first-order chi connectivity index (χ1) is 12.6. The summed E-state index contributed by atoms with van der Waals surface area (Å²) in [5.74, 6) is -0.752. The van der Waals surface area contributed by atoms with Crippen molar-refractivity contribution in [1.29, 1.82) is 0 Å². The Hall–Kier alpha value is -2.25. The maximum absolute atomic E-state index is 12.7. The molecule has 3 heterocycles. The predicted molar refractivity (Wildman–Crippen MR) is 95.2 cm³/mol. The zero-order valence-corrected chi connectivity index (χ0v) is 14.7. The zero-order valence-electron chi connectivity index (χ0n) is 14.7. The molecule has 3 aliphatic heterocycles. The van der Waals surface area contributed by atoms with Gasteiger partial charge in [-0.1, -0.05) is 12.1 Å². The maximum Gasteiger partial charge on any atom is 0.255 e. The second-order valence-electron chi connectivity index (χ2n) is 7.32. The summed E-state index contributed by atoms with van der Waals surface area (Å²) in [5.41, 5.74) is 2.76. The van der Waals surface area contributed by atoms with Crippen LogP contribution in [0.1, 0.15) is 47.2 Å². The average Bonchev–Trinajstić information content (AvgIpc) is 3.23. The normalized spacial score (nSPS) is 25.5. The van der Waals surface area contributed by atoms with Crippen molar-refractivity contribution in [2.75, 3.05) is 13.1 Å². The lowest BCUT2D eigenvalue weighted by atomic mass is 10.0. The quantitative estimate of drug-likeness (QED) is 0.660. The Morgan fingerprint density at radius 3 is 2.85 bits per heavy atom. The number of benzene rings is 1. The van der Waals surface area contributed by atoms with Crippen molar-refractivity contribution in [3.63, 3.8) is 0 Å². The van der Waals surface area contributed by atoms with E-state index in [1.54, 1.807) is 4.90 Å². The number of nitrogens with zero attached hydrogens (tertiary/aromatic N) is 1. The summed E-state index contributed by atoms with van der Waals surface area (Å²) in [7, 11) is 0. The van der Waals surface area contributed by atoms with E-state index in [-0.39, 0.29) is 24.1 Å². The van der Waals surface area contributed by atoms with Gasteiger partial charge in [0.05, 0.1) is 0 Å². The monoisotopic (exact) mass is 356 g/mol. The van der Waals surface area contributed by atoms with Gasteiger partial charge >= 0.3 is 0 Å². The summed E-state index contributed by atoms with van der Waals surface area (Å²) in [4.78, 5) is 37.7. The van der Waals surface area contributed by atoms with Crippen molar-refractivity contribution in [3.8, 4) is 0 Å². The minimum Gasteiger partial charge on any atom is -0.322 e. The van der Waals surface area contributed by atoms with Gasteiger partial charge in [0.2, 0.25) is 11.8 Å². The molecular weight excluding hydrogens is 332 g/mol. The number of hydrogen-bond donors (Lipinski definition) is 3. The average molecular weight is 356 g/mol. The van der Waals surface area contributed by atoms with Gasteiger partial charge in [0.1, 0.15) is 6.04 Å². The van der Waals surface area contributed by atoms with Crippen molar-refractivity contribution in [2.45, 2.75) is 50.9 Å². The van der Waals surface area contributed by atoms with E-state index in [0.717, 1.165) is 30.8 Å². The van der Waals surface area contributed by atoms with E-state index >= 15 is 0 Å². The molecule has 2 saturated heterocycles. The van der Waals surface area contributed by atoms with Gasteiger partial charge < -0.3 is 15.5 Å². The van der Waals surface area contributed by atoms with Crippen LogP contribution in [0.25, 0.3) is 0 Å². The lowest BCUT2D eigenvalue weighted by Crippen LogP contribution is -2.52. The number of piperidine rings is 1. The summed E-state index contributed by atoms with van der Waals surface area (Å²) in [6, 6.07) is 5.87. The third kappa shape index (κ3) is 3.37. The Morgan fingerprint density at radius 2 is 2.08 bits per heavy atom. The van der Waals surface area contributed by atoms with Crippen molar-refractivity contribution in [3.05, 3.63) is 34.9 Å². The predicted octanol–water partition coefficient (Wildman–Crippen LogP) is 0.289. The molecule has 1 unspecified atom stereocenters. The van der Waals surface area contributed by atoms with E-state index in [9.17, 15) is 14.4 Å². The van der Waals surface area contributed by atoms with E-state index < -0.39 is 6.04 Å². The minimum absolute atomic E-state index is 0.121. The van der Waals surface area contributed by atoms with Crippen molar-refractivity contribution < 1.29 is 14.4 Å². The van der Waals surface area contributed by atoms with E-state index in [2.05, 4.69) is 16.0 Å². The van der Waals surface area contributed by atoms with E-state index in [0.29, 0.717) is 24.6 Å². The second kappa shape index (κ2) is 7.17. The van der Waals surface area contributed by atoms with Gasteiger partial charge in [0, 0.05) is 37.7 Å². The molecule has 138 valence electrons. The van der Waals surface area contributed by atoms with Gasteiger partial charge in [-0.15, -0.1) is 0 Å². The van der Waals surface area contributed by atoms with Crippen LogP contribution in [0.4, 0.5) is 0 Å². The SMILES string of the molecule is O=C1CCC(N2Cc3cc(CNC[C@H]4CCCN4)ccc3C2=O)C(=O)N1. The highest BCUT2D eigenvalue weighted by molar-refractivity contribution is 6.05. The van der Waals surface area contributed by atoms with Crippen LogP contribution in [0.15, 0.2) is 18.2 Å². The number of carbonyl (C=O) groups excluding carboxylic acids is 3. The smallest absolute Gasteiger partial charge is 0.255 e. The van der Waals surface area contributed by atoms with Crippen molar-refractivity contribution >= 4 is 17.7 Å². The van der Waals surface area contributed by atoms with Gasteiger partial charge in [0.15, 0.2) is 0 Å². The molecule has 26 heavy (non-hydrogen) atoms. The number of amides is 3. The standard InChI is InChI=1S/C19H24N4O3/c24-17-6-5-16(18(25)22-17)23-11-13-8-12(3-4-15(13)19(23)26)9-20-10-14-2-1-7-21-14/h3-4,8,14,16,20-21H,1-2,5-7,9-11H2,(H,22,24,25)/t14-,16?/m1/s1. The van der Waals surface area contributed by atoms with Gasteiger partial charge in [-0.05, 0) is 43.0 Å². The molecule has 0 radical (unpaired) electrons. The zero-order chi connectivity index (χ0) is 18.1. The van der Waals surface area contributed by atoms with Gasteiger partial charge in [-0.2, -0.15) is 0 Å². The van der Waals surface area contributed by atoms with Gasteiger partial charge in [0.25, 0.3) is 5.91 Å². The molecule has 3 amide bonds. The first-order valence-electron chi connectivity index (χ1n) is 9.32. The molecular formula is C19H24N4O3. The Kier molecular flexibility index (Phi) is 4.74. The number of nitrogens with one attached hydrogen (secondary N) is 3. The van der Waals surface area contributed by atoms with Crippen LogP contribution in [0, 0.1) is 0 Å². The minimum atomic E-state index is -0.553. The van der Waals surface area contributed by atoms with Crippen LogP contribution < -0.4 is 16.0 Å². The van der Waals surface area contributed by atoms with Crippen molar-refractivity contribution in [2.24, 2.45) is 0 Å². The highest BCUT2D eigenvalue weighted by Gasteiger charge is 2.38. The molecule has 1 aromatic carbocycles. The van der Waals surface area contributed by atoms with Crippen LogP contribution in [-0.2, 0) is 22.7 Å². The van der Waals surface area contributed by atoms with E-state index in [4.69, 9.17) is 0 Å². The third-order valence-electron chi connectivity index (χ3n) is 5.47.